The van der Waals surface area contributed by atoms with Crippen LogP contribution in [0.3, 0.4) is 0 Å². The maximum absolute atomic E-state index is 11.4. The quantitative estimate of drug-likeness (QED) is 0.277. The van der Waals surface area contributed by atoms with Crippen molar-refractivity contribution in [1.82, 2.24) is 0 Å². The van der Waals surface area contributed by atoms with Crippen LogP contribution in [0.4, 0.5) is 4.79 Å². The van der Waals surface area contributed by atoms with Crippen molar-refractivity contribution in [1.29, 1.82) is 0 Å². The van der Waals surface area contributed by atoms with Crippen LogP contribution in [0.25, 0.3) is 0 Å². The first-order valence-electron chi connectivity index (χ1n) is 6.66. The Kier molecular flexibility index (Phi) is 8.90. The molecule has 1 aromatic rings. The second-order valence-corrected chi connectivity index (χ2v) is 7.18. The van der Waals surface area contributed by atoms with Gasteiger partial charge in [0.2, 0.25) is 0 Å². The average Bonchev–Trinajstić information content (AvgIpc) is 2.40. The fourth-order valence-electron chi connectivity index (χ4n) is 1.57. The molecule has 0 aliphatic rings. The summed E-state index contributed by atoms with van der Waals surface area (Å²) in [7, 11) is 0. The molecule has 0 spiro atoms. The number of alkyl halides is 1. The van der Waals surface area contributed by atoms with Crippen LogP contribution in [0.15, 0.2) is 30.3 Å². The molecule has 3 heteroatoms. The van der Waals surface area contributed by atoms with Gasteiger partial charge < -0.3 is 0 Å². The van der Waals surface area contributed by atoms with Gasteiger partial charge in [-0.1, -0.05) is 0 Å². The van der Waals surface area contributed by atoms with Crippen LogP contribution < -0.4 is 0 Å². The van der Waals surface area contributed by atoms with E-state index in [1.807, 2.05) is 6.07 Å². The third-order valence-electron chi connectivity index (χ3n) is 2.64. The number of ether oxygens (including phenoxy) is 1. The van der Waals surface area contributed by atoms with E-state index >= 15 is 0 Å². The van der Waals surface area contributed by atoms with E-state index in [0.29, 0.717) is 6.61 Å². The summed E-state index contributed by atoms with van der Waals surface area (Å²) in [6.45, 7) is 2.75. The summed E-state index contributed by atoms with van der Waals surface area (Å²) >= 11 is -0.545. The Hall–Kier alpha value is -0.580. The van der Waals surface area contributed by atoms with Crippen molar-refractivity contribution in [2.24, 2.45) is 0 Å². The maximum atomic E-state index is 11.4. The standard InChI is InChI=1S/C15H23IO2/c1-2-3-12-16-15(17)18-13-8-7-11-14-9-5-4-6-10-14/h4-6,9-10,16H,2-3,7-8,11-13H2,1H3. The summed E-state index contributed by atoms with van der Waals surface area (Å²) in [6, 6.07) is 10.4. The molecule has 0 aliphatic heterocycles. The van der Waals surface area contributed by atoms with E-state index < -0.39 is 21.2 Å². The van der Waals surface area contributed by atoms with Crippen LogP contribution in [0.1, 0.15) is 38.2 Å². The summed E-state index contributed by atoms with van der Waals surface area (Å²) in [4.78, 5) is 11.4. The Labute approximate surface area is 120 Å². The van der Waals surface area contributed by atoms with Gasteiger partial charge in [-0.15, -0.1) is 0 Å². The molecule has 2 nitrogen and oxygen atoms in total. The summed E-state index contributed by atoms with van der Waals surface area (Å²) < 4.78 is 6.42. The van der Waals surface area contributed by atoms with E-state index in [-0.39, 0.29) is 3.98 Å². The van der Waals surface area contributed by atoms with Gasteiger partial charge in [0, 0.05) is 0 Å². The SMILES string of the molecule is CCCC[IH]C(=O)OCCCCc1ccccc1. The molecule has 1 rings (SSSR count). The molecule has 0 amide bonds. The van der Waals surface area contributed by atoms with E-state index in [1.165, 1.54) is 18.4 Å². The first-order valence-corrected chi connectivity index (χ1v) is 9.47. The molecule has 0 heterocycles. The molecule has 0 unspecified atom stereocenters. The van der Waals surface area contributed by atoms with E-state index in [0.717, 1.165) is 23.7 Å². The monoisotopic (exact) mass is 362 g/mol. The fraction of sp³-hybridized carbons (Fsp3) is 0.533. The van der Waals surface area contributed by atoms with Crippen molar-refractivity contribution >= 4 is 25.2 Å². The number of benzene rings is 1. The van der Waals surface area contributed by atoms with Crippen LogP contribution in [-0.2, 0) is 11.2 Å². The summed E-state index contributed by atoms with van der Waals surface area (Å²) in [5.74, 6) is 0. The van der Waals surface area contributed by atoms with Crippen molar-refractivity contribution in [2.45, 2.75) is 39.0 Å². The molecule has 0 saturated heterocycles. The molecule has 0 atom stereocenters. The second kappa shape index (κ2) is 10.4. The van der Waals surface area contributed by atoms with Gasteiger partial charge in [-0.05, 0) is 0 Å². The fourth-order valence-corrected chi connectivity index (χ4v) is 3.76. The van der Waals surface area contributed by atoms with Crippen LogP contribution in [0.5, 0.6) is 0 Å². The van der Waals surface area contributed by atoms with Crippen LogP contribution >= 0.6 is 21.2 Å². The van der Waals surface area contributed by atoms with Gasteiger partial charge >= 0.3 is 121 Å². The van der Waals surface area contributed by atoms with Gasteiger partial charge in [-0.3, -0.25) is 0 Å². The Bertz CT molecular complexity index is 325. The van der Waals surface area contributed by atoms with Crippen molar-refractivity contribution < 1.29 is 9.53 Å². The van der Waals surface area contributed by atoms with E-state index in [4.69, 9.17) is 4.74 Å². The minimum absolute atomic E-state index is 0.0913. The van der Waals surface area contributed by atoms with Gasteiger partial charge in [0.25, 0.3) is 0 Å². The van der Waals surface area contributed by atoms with Gasteiger partial charge in [-0.25, -0.2) is 0 Å². The molecular formula is C15H23IO2. The number of carbonyl (C=O) groups is 1. The van der Waals surface area contributed by atoms with E-state index in [9.17, 15) is 4.79 Å². The van der Waals surface area contributed by atoms with Crippen molar-refractivity contribution in [2.75, 3.05) is 11.0 Å². The van der Waals surface area contributed by atoms with Crippen molar-refractivity contribution in [3.05, 3.63) is 35.9 Å². The first kappa shape index (κ1) is 15.5. The Morgan fingerprint density at radius 3 is 2.67 bits per heavy atom. The second-order valence-electron chi connectivity index (χ2n) is 4.24. The molecule has 102 valence electrons. The predicted molar refractivity (Wildman–Crippen MR) is 85.9 cm³/mol. The molecular weight excluding hydrogens is 339 g/mol. The minimum atomic E-state index is -0.545. The number of hydrogen-bond donors (Lipinski definition) is 0. The zero-order valence-corrected chi connectivity index (χ0v) is 13.4. The normalized spacial score (nSPS) is 10.5. The van der Waals surface area contributed by atoms with E-state index in [1.54, 1.807) is 0 Å². The summed E-state index contributed by atoms with van der Waals surface area (Å²) in [5.41, 5.74) is 1.36. The van der Waals surface area contributed by atoms with Gasteiger partial charge in [0.1, 0.15) is 0 Å². The first-order chi connectivity index (χ1) is 8.83. The third-order valence-corrected chi connectivity index (χ3v) is 5.06. The van der Waals surface area contributed by atoms with Gasteiger partial charge in [-0.2, -0.15) is 0 Å². The Balaban J connectivity index is 1.97. The Morgan fingerprint density at radius 2 is 1.94 bits per heavy atom. The summed E-state index contributed by atoms with van der Waals surface area (Å²) in [6.07, 6.45) is 5.49. The molecule has 0 bridgehead atoms. The van der Waals surface area contributed by atoms with E-state index in [2.05, 4.69) is 31.2 Å². The molecule has 0 radical (unpaired) electrons. The Morgan fingerprint density at radius 1 is 1.17 bits per heavy atom. The molecule has 0 N–H and O–H groups in total. The molecule has 0 fully saturated rings. The average molecular weight is 362 g/mol. The summed E-state index contributed by atoms with van der Waals surface area (Å²) in [5, 5.41) is 0. The molecule has 1 aromatic carbocycles. The molecule has 0 aromatic heterocycles. The number of rotatable bonds is 9. The zero-order chi connectivity index (χ0) is 13.1. The van der Waals surface area contributed by atoms with Crippen molar-refractivity contribution in [3.63, 3.8) is 0 Å². The third kappa shape index (κ3) is 7.69. The van der Waals surface area contributed by atoms with Crippen LogP contribution in [-0.4, -0.2) is 15.0 Å². The number of halogens is 1. The topological polar surface area (TPSA) is 26.3 Å². The van der Waals surface area contributed by atoms with Crippen LogP contribution in [0.2, 0.25) is 0 Å². The number of carbonyl (C=O) groups excluding carboxylic acids is 1. The molecule has 18 heavy (non-hydrogen) atoms. The zero-order valence-electron chi connectivity index (χ0n) is 11.1. The van der Waals surface area contributed by atoms with Crippen LogP contribution in [0, 0.1) is 0 Å². The number of unbranched alkanes of at least 4 members (excludes halogenated alkanes) is 2. The predicted octanol–water partition coefficient (Wildman–Crippen LogP) is 4.65. The van der Waals surface area contributed by atoms with Crippen molar-refractivity contribution in [3.8, 4) is 0 Å². The number of aryl methyl sites for hydroxylation is 1. The number of hydrogen-bond acceptors (Lipinski definition) is 2. The molecule has 0 aliphatic carbocycles. The molecule has 0 saturated carbocycles. The van der Waals surface area contributed by atoms with Gasteiger partial charge in [0.05, 0.1) is 0 Å². The van der Waals surface area contributed by atoms with Gasteiger partial charge in [0.15, 0.2) is 0 Å².